The van der Waals surface area contributed by atoms with Gasteiger partial charge in [-0.05, 0) is 33.6 Å². The van der Waals surface area contributed by atoms with Gasteiger partial charge in [-0.3, -0.25) is 0 Å². The van der Waals surface area contributed by atoms with E-state index in [1.807, 2.05) is 20.8 Å². The predicted octanol–water partition coefficient (Wildman–Crippen LogP) is 3.07. The summed E-state index contributed by atoms with van der Waals surface area (Å²) in [4.78, 5) is 18.2. The van der Waals surface area contributed by atoms with Crippen molar-refractivity contribution in [1.82, 2.24) is 19.5 Å². The fraction of sp³-hybridized carbons (Fsp3) is 0.529. The summed E-state index contributed by atoms with van der Waals surface area (Å²) >= 11 is 6.09. The highest BCUT2D eigenvalue weighted by atomic mass is 35.5. The number of nitriles is 1. The second kappa shape index (κ2) is 7.00. The minimum absolute atomic E-state index is 0.0210. The van der Waals surface area contributed by atoms with Crippen LogP contribution in [0.1, 0.15) is 39.2 Å². The van der Waals surface area contributed by atoms with Gasteiger partial charge in [-0.1, -0.05) is 11.6 Å². The van der Waals surface area contributed by atoms with Crippen molar-refractivity contribution in [2.75, 3.05) is 18.4 Å². The average Bonchev–Trinajstić information content (AvgIpc) is 2.96. The molecule has 26 heavy (non-hydrogen) atoms. The quantitative estimate of drug-likeness (QED) is 0.809. The molecule has 2 aromatic heterocycles. The Kier molecular flexibility index (Phi) is 4.92. The molecule has 1 aliphatic heterocycles. The monoisotopic (exact) mass is 376 g/mol. The van der Waals surface area contributed by atoms with E-state index in [0.717, 1.165) is 12.8 Å². The Morgan fingerprint density at radius 3 is 2.96 bits per heavy atom. The second-order valence-corrected chi connectivity index (χ2v) is 7.67. The smallest absolute Gasteiger partial charge is 0.410 e. The molecule has 0 aliphatic carbocycles. The molecule has 1 N–H and O–H groups in total. The fourth-order valence-corrected chi connectivity index (χ4v) is 3.09. The Labute approximate surface area is 156 Å². The van der Waals surface area contributed by atoms with Crippen LogP contribution in [-0.4, -0.2) is 50.3 Å². The number of aromatic nitrogens is 3. The van der Waals surface area contributed by atoms with Gasteiger partial charge in [-0.25, -0.2) is 9.78 Å². The van der Waals surface area contributed by atoms with E-state index in [1.165, 1.54) is 6.20 Å². The topological polar surface area (TPSA) is 95.5 Å². The molecule has 1 saturated heterocycles. The number of ether oxygens (including phenoxy) is 1. The number of halogens is 1. The number of nitrogens with zero attached hydrogens (tertiary/aromatic N) is 5. The first-order chi connectivity index (χ1) is 12.3. The first-order valence-corrected chi connectivity index (χ1v) is 8.83. The normalized spacial score (nSPS) is 17.8. The maximum absolute atomic E-state index is 12.3. The van der Waals surface area contributed by atoms with Crippen molar-refractivity contribution in [3.63, 3.8) is 0 Å². The predicted molar refractivity (Wildman–Crippen MR) is 97.2 cm³/mol. The molecule has 0 bridgehead atoms. The zero-order chi connectivity index (χ0) is 18.9. The average molecular weight is 377 g/mol. The number of likely N-dealkylation sites (tertiary alicyclic amines) is 1. The maximum atomic E-state index is 12.3. The summed E-state index contributed by atoms with van der Waals surface area (Å²) < 4.78 is 7.01. The molecule has 0 radical (unpaired) electrons. The molecule has 2 aromatic rings. The SMILES string of the molecule is CC(C)(C)OC(=O)N1CCC[C@H](Nc2cc(Cl)nc3c(C#N)cnn23)C1. The van der Waals surface area contributed by atoms with Gasteiger partial charge >= 0.3 is 6.09 Å². The van der Waals surface area contributed by atoms with Crippen LogP contribution < -0.4 is 5.32 Å². The molecule has 8 nitrogen and oxygen atoms in total. The summed E-state index contributed by atoms with van der Waals surface area (Å²) in [6.07, 6.45) is 2.90. The number of carbonyl (C=O) groups is 1. The first kappa shape index (κ1) is 18.3. The number of piperidine rings is 1. The minimum atomic E-state index is -0.523. The molecule has 1 aliphatic rings. The van der Waals surface area contributed by atoms with Crippen molar-refractivity contribution in [3.05, 3.63) is 23.0 Å². The van der Waals surface area contributed by atoms with Crippen LogP contribution >= 0.6 is 11.6 Å². The number of hydrogen-bond donors (Lipinski definition) is 1. The van der Waals surface area contributed by atoms with E-state index in [0.29, 0.717) is 30.1 Å². The Bertz CT molecular complexity index is 866. The minimum Gasteiger partial charge on any atom is -0.444 e. The Morgan fingerprint density at radius 2 is 2.27 bits per heavy atom. The Hall–Kier alpha value is -2.53. The highest BCUT2D eigenvalue weighted by Crippen LogP contribution is 2.22. The third-order valence-corrected chi connectivity index (χ3v) is 4.18. The summed E-state index contributed by atoms with van der Waals surface area (Å²) in [5, 5.41) is 17.0. The van der Waals surface area contributed by atoms with Crippen LogP contribution in [0.5, 0.6) is 0 Å². The Balaban J connectivity index is 1.77. The lowest BCUT2D eigenvalue weighted by atomic mass is 10.1. The highest BCUT2D eigenvalue weighted by molar-refractivity contribution is 6.29. The molecular weight excluding hydrogens is 356 g/mol. The van der Waals surface area contributed by atoms with Gasteiger partial charge in [0.15, 0.2) is 5.65 Å². The van der Waals surface area contributed by atoms with Gasteiger partial charge in [-0.15, -0.1) is 0 Å². The number of hydrogen-bond acceptors (Lipinski definition) is 6. The number of carbonyl (C=O) groups excluding carboxylic acids is 1. The van der Waals surface area contributed by atoms with E-state index in [4.69, 9.17) is 21.6 Å². The molecular formula is C17H21ClN6O2. The molecule has 0 aromatic carbocycles. The van der Waals surface area contributed by atoms with Crippen LogP contribution in [-0.2, 0) is 4.74 Å². The van der Waals surface area contributed by atoms with Crippen LogP contribution in [0.25, 0.3) is 5.65 Å². The summed E-state index contributed by atoms with van der Waals surface area (Å²) in [5.41, 5.74) is 0.238. The maximum Gasteiger partial charge on any atom is 0.410 e. The van der Waals surface area contributed by atoms with Crippen LogP contribution in [0.2, 0.25) is 5.15 Å². The van der Waals surface area contributed by atoms with Gasteiger partial charge in [0.2, 0.25) is 0 Å². The van der Waals surface area contributed by atoms with Crippen molar-refractivity contribution in [1.29, 1.82) is 5.26 Å². The van der Waals surface area contributed by atoms with E-state index in [-0.39, 0.29) is 17.3 Å². The lowest BCUT2D eigenvalue weighted by Gasteiger charge is -2.34. The standard InChI is InChI=1S/C17H21ClN6O2/c1-17(2,3)26-16(25)23-6-4-5-12(10-23)21-14-7-13(18)22-15-11(8-19)9-20-24(14)15/h7,9,12,21H,4-6,10H2,1-3H3/t12-/m0/s1. The van der Waals surface area contributed by atoms with Crippen molar-refractivity contribution >= 4 is 29.2 Å². The van der Waals surface area contributed by atoms with Crippen molar-refractivity contribution in [2.45, 2.75) is 45.3 Å². The van der Waals surface area contributed by atoms with E-state index in [1.54, 1.807) is 15.5 Å². The van der Waals surface area contributed by atoms with Gasteiger partial charge in [0, 0.05) is 25.2 Å². The van der Waals surface area contributed by atoms with Gasteiger partial charge in [0.05, 0.1) is 6.20 Å². The number of nitrogens with one attached hydrogen (secondary N) is 1. The van der Waals surface area contributed by atoms with E-state index in [2.05, 4.69) is 21.5 Å². The van der Waals surface area contributed by atoms with Gasteiger partial charge in [0.1, 0.15) is 28.2 Å². The van der Waals surface area contributed by atoms with Gasteiger partial charge in [-0.2, -0.15) is 14.9 Å². The van der Waals surface area contributed by atoms with E-state index in [9.17, 15) is 4.79 Å². The fourth-order valence-electron chi connectivity index (χ4n) is 2.91. The molecule has 138 valence electrons. The molecule has 1 amide bonds. The third-order valence-electron chi connectivity index (χ3n) is 3.99. The van der Waals surface area contributed by atoms with Gasteiger partial charge < -0.3 is 15.0 Å². The summed E-state index contributed by atoms with van der Waals surface area (Å²) in [6, 6.07) is 3.73. The number of anilines is 1. The highest BCUT2D eigenvalue weighted by Gasteiger charge is 2.28. The molecule has 0 saturated carbocycles. The molecule has 3 rings (SSSR count). The number of fused-ring (bicyclic) bond motifs is 1. The van der Waals surface area contributed by atoms with Crippen LogP contribution in [0, 0.1) is 11.3 Å². The molecule has 3 heterocycles. The Morgan fingerprint density at radius 1 is 1.50 bits per heavy atom. The zero-order valence-corrected chi connectivity index (χ0v) is 15.7. The van der Waals surface area contributed by atoms with Crippen molar-refractivity contribution in [3.8, 4) is 6.07 Å². The zero-order valence-electron chi connectivity index (χ0n) is 15.0. The van der Waals surface area contributed by atoms with Crippen molar-refractivity contribution < 1.29 is 9.53 Å². The molecule has 9 heteroatoms. The number of rotatable bonds is 2. The summed E-state index contributed by atoms with van der Waals surface area (Å²) in [7, 11) is 0. The molecule has 1 fully saturated rings. The number of amides is 1. The van der Waals surface area contributed by atoms with Crippen LogP contribution in [0.15, 0.2) is 12.3 Å². The summed E-state index contributed by atoms with van der Waals surface area (Å²) in [5.74, 6) is 0.637. The van der Waals surface area contributed by atoms with Crippen LogP contribution in [0.3, 0.4) is 0 Å². The molecule has 1 atom stereocenters. The lowest BCUT2D eigenvalue weighted by molar-refractivity contribution is 0.0206. The van der Waals surface area contributed by atoms with E-state index >= 15 is 0 Å². The van der Waals surface area contributed by atoms with Crippen molar-refractivity contribution in [2.24, 2.45) is 0 Å². The first-order valence-electron chi connectivity index (χ1n) is 8.45. The third kappa shape index (κ3) is 3.99. The molecule has 0 unspecified atom stereocenters. The summed E-state index contributed by atoms with van der Waals surface area (Å²) in [6.45, 7) is 6.74. The molecule has 0 spiro atoms. The van der Waals surface area contributed by atoms with E-state index < -0.39 is 5.60 Å². The van der Waals surface area contributed by atoms with Crippen LogP contribution in [0.4, 0.5) is 10.6 Å². The second-order valence-electron chi connectivity index (χ2n) is 7.28. The largest absolute Gasteiger partial charge is 0.444 e. The lowest BCUT2D eigenvalue weighted by Crippen LogP contribution is -2.47. The van der Waals surface area contributed by atoms with Gasteiger partial charge in [0.25, 0.3) is 0 Å².